The number of nitro benzene ring substituents is 1. The predicted octanol–water partition coefficient (Wildman–Crippen LogP) is -1.20. The SMILES string of the molecule is C[N+](C)(C)c1ccc([N+](=O)[O-])cc1.[Cl-]. The average molecular weight is 217 g/mol. The van der Waals surface area contributed by atoms with Crippen molar-refractivity contribution >= 4 is 11.4 Å². The van der Waals surface area contributed by atoms with Gasteiger partial charge in [0.05, 0.1) is 26.1 Å². The van der Waals surface area contributed by atoms with E-state index in [2.05, 4.69) is 0 Å². The maximum absolute atomic E-state index is 10.4. The first-order chi connectivity index (χ1) is 5.91. The minimum atomic E-state index is -0.389. The number of benzene rings is 1. The molecule has 0 amide bonds. The molecular weight excluding hydrogens is 204 g/mol. The molecule has 0 heterocycles. The number of nitrogens with zero attached hydrogens (tertiary/aromatic N) is 2. The van der Waals surface area contributed by atoms with Gasteiger partial charge in [0.2, 0.25) is 0 Å². The number of non-ortho nitro benzene ring substituents is 1. The Morgan fingerprint density at radius 2 is 1.57 bits per heavy atom. The molecule has 0 unspecified atom stereocenters. The molecule has 0 aliphatic rings. The lowest BCUT2D eigenvalue weighted by Gasteiger charge is -2.22. The van der Waals surface area contributed by atoms with E-state index in [-0.39, 0.29) is 23.0 Å². The standard InChI is InChI=1S/C9H13N2O2.ClH/c1-11(2,3)9-6-4-8(5-7-9)10(12)13;/h4-7H,1-3H3;1H/q+1;/p-1. The second kappa shape index (κ2) is 4.39. The zero-order valence-electron chi connectivity index (χ0n) is 8.40. The molecule has 0 aromatic heterocycles. The summed E-state index contributed by atoms with van der Waals surface area (Å²) in [7, 11) is 6.05. The number of quaternary nitrogens is 1. The largest absolute Gasteiger partial charge is 1.00 e. The van der Waals surface area contributed by atoms with E-state index in [1.807, 2.05) is 21.1 Å². The van der Waals surface area contributed by atoms with Crippen molar-refractivity contribution in [3.63, 3.8) is 0 Å². The summed E-state index contributed by atoms with van der Waals surface area (Å²) in [6.45, 7) is 0. The number of rotatable bonds is 2. The summed E-state index contributed by atoms with van der Waals surface area (Å²) in [5.74, 6) is 0. The van der Waals surface area contributed by atoms with Gasteiger partial charge in [-0.15, -0.1) is 0 Å². The molecule has 0 spiro atoms. The molecule has 0 atom stereocenters. The van der Waals surface area contributed by atoms with E-state index in [4.69, 9.17) is 0 Å². The lowest BCUT2D eigenvalue weighted by atomic mass is 10.2. The van der Waals surface area contributed by atoms with Crippen LogP contribution in [-0.2, 0) is 0 Å². The molecule has 0 radical (unpaired) electrons. The van der Waals surface area contributed by atoms with Gasteiger partial charge in [-0.2, -0.15) is 0 Å². The zero-order chi connectivity index (χ0) is 10.1. The molecule has 0 bridgehead atoms. The van der Waals surface area contributed by atoms with Crippen LogP contribution in [0, 0.1) is 10.1 Å². The summed E-state index contributed by atoms with van der Waals surface area (Å²) in [6.07, 6.45) is 0. The second-order valence-corrected chi connectivity index (χ2v) is 3.79. The second-order valence-electron chi connectivity index (χ2n) is 3.79. The molecular formula is C9H13ClN2O2. The van der Waals surface area contributed by atoms with Crippen molar-refractivity contribution in [2.45, 2.75) is 0 Å². The Hall–Kier alpha value is -1.13. The van der Waals surface area contributed by atoms with Crippen LogP contribution in [0.2, 0.25) is 0 Å². The molecule has 14 heavy (non-hydrogen) atoms. The fraction of sp³-hybridized carbons (Fsp3) is 0.333. The quantitative estimate of drug-likeness (QED) is 0.354. The van der Waals surface area contributed by atoms with Crippen molar-refractivity contribution in [2.75, 3.05) is 21.1 Å². The van der Waals surface area contributed by atoms with E-state index in [1.54, 1.807) is 12.1 Å². The number of hydrogen-bond donors (Lipinski definition) is 0. The highest BCUT2D eigenvalue weighted by Gasteiger charge is 2.13. The highest BCUT2D eigenvalue weighted by atomic mass is 35.5. The molecule has 78 valence electrons. The molecule has 1 aromatic carbocycles. The Kier molecular flexibility index (Phi) is 4.04. The van der Waals surface area contributed by atoms with E-state index >= 15 is 0 Å². The van der Waals surface area contributed by atoms with Gasteiger partial charge in [-0.25, -0.2) is 0 Å². The molecule has 0 aliphatic carbocycles. The summed E-state index contributed by atoms with van der Waals surface area (Å²) < 4.78 is 0.665. The molecule has 0 saturated carbocycles. The number of nitro groups is 1. The average Bonchev–Trinajstić information content (AvgIpc) is 2.03. The minimum absolute atomic E-state index is 0. The third-order valence-corrected chi connectivity index (χ3v) is 1.84. The van der Waals surface area contributed by atoms with E-state index in [0.717, 1.165) is 5.69 Å². The van der Waals surface area contributed by atoms with Crippen LogP contribution in [-0.4, -0.2) is 26.1 Å². The summed E-state index contributed by atoms with van der Waals surface area (Å²) >= 11 is 0. The van der Waals surface area contributed by atoms with E-state index in [1.165, 1.54) is 12.1 Å². The van der Waals surface area contributed by atoms with Crippen LogP contribution in [0.3, 0.4) is 0 Å². The van der Waals surface area contributed by atoms with Crippen LogP contribution >= 0.6 is 0 Å². The third-order valence-electron chi connectivity index (χ3n) is 1.84. The van der Waals surface area contributed by atoms with Crippen LogP contribution in [0.4, 0.5) is 11.4 Å². The third kappa shape index (κ3) is 2.97. The Labute approximate surface area is 89.3 Å². The van der Waals surface area contributed by atoms with Crippen LogP contribution in [0.15, 0.2) is 24.3 Å². The minimum Gasteiger partial charge on any atom is -1.00 e. The monoisotopic (exact) mass is 216 g/mol. The molecule has 0 fully saturated rings. The van der Waals surface area contributed by atoms with Gasteiger partial charge in [0.25, 0.3) is 5.69 Å². The maximum atomic E-state index is 10.4. The van der Waals surface area contributed by atoms with Crippen molar-refractivity contribution in [3.8, 4) is 0 Å². The zero-order valence-corrected chi connectivity index (χ0v) is 9.15. The van der Waals surface area contributed by atoms with Crippen molar-refractivity contribution in [3.05, 3.63) is 34.4 Å². The van der Waals surface area contributed by atoms with Crippen LogP contribution in [0.5, 0.6) is 0 Å². The van der Waals surface area contributed by atoms with Gasteiger partial charge in [-0.3, -0.25) is 14.6 Å². The molecule has 0 N–H and O–H groups in total. The first-order valence-electron chi connectivity index (χ1n) is 3.98. The Morgan fingerprint density at radius 3 is 1.86 bits per heavy atom. The van der Waals surface area contributed by atoms with Crippen molar-refractivity contribution in [1.29, 1.82) is 0 Å². The van der Waals surface area contributed by atoms with E-state index in [9.17, 15) is 10.1 Å². The van der Waals surface area contributed by atoms with Gasteiger partial charge in [0.15, 0.2) is 0 Å². The highest BCUT2D eigenvalue weighted by molar-refractivity contribution is 5.46. The fourth-order valence-electron chi connectivity index (χ4n) is 1.02. The highest BCUT2D eigenvalue weighted by Crippen LogP contribution is 2.20. The topological polar surface area (TPSA) is 43.1 Å². The van der Waals surface area contributed by atoms with E-state index < -0.39 is 0 Å². The molecule has 4 nitrogen and oxygen atoms in total. The van der Waals surface area contributed by atoms with Gasteiger partial charge in [-0.05, 0) is 0 Å². The Morgan fingerprint density at radius 1 is 1.14 bits per heavy atom. The first-order valence-corrected chi connectivity index (χ1v) is 3.98. The molecule has 5 heteroatoms. The maximum Gasteiger partial charge on any atom is 0.269 e. The predicted molar refractivity (Wildman–Crippen MR) is 52.7 cm³/mol. The van der Waals surface area contributed by atoms with Gasteiger partial charge < -0.3 is 12.4 Å². The van der Waals surface area contributed by atoms with Crippen molar-refractivity contribution < 1.29 is 17.3 Å². The molecule has 0 aliphatic heterocycles. The smallest absolute Gasteiger partial charge is 0.269 e. The van der Waals surface area contributed by atoms with Crippen LogP contribution in [0.1, 0.15) is 0 Å². The van der Waals surface area contributed by atoms with Crippen LogP contribution < -0.4 is 16.9 Å². The molecule has 1 rings (SSSR count). The van der Waals surface area contributed by atoms with Gasteiger partial charge >= 0.3 is 0 Å². The number of halogens is 1. The van der Waals surface area contributed by atoms with Crippen molar-refractivity contribution in [2.24, 2.45) is 0 Å². The summed E-state index contributed by atoms with van der Waals surface area (Å²) in [4.78, 5) is 9.97. The number of hydrogen-bond acceptors (Lipinski definition) is 2. The fourth-order valence-corrected chi connectivity index (χ4v) is 1.02. The first kappa shape index (κ1) is 12.9. The summed E-state index contributed by atoms with van der Waals surface area (Å²) in [5, 5.41) is 10.4. The lowest BCUT2D eigenvalue weighted by molar-refractivity contribution is -0.384. The summed E-state index contributed by atoms with van der Waals surface area (Å²) in [5.41, 5.74) is 1.18. The molecule has 1 aromatic rings. The van der Waals surface area contributed by atoms with E-state index in [0.29, 0.717) is 4.48 Å². The Balaban J connectivity index is 0.00000169. The normalized spacial score (nSPS) is 10.5. The van der Waals surface area contributed by atoms with Gasteiger partial charge in [-0.1, -0.05) is 0 Å². The van der Waals surface area contributed by atoms with Crippen LogP contribution in [0.25, 0.3) is 0 Å². The van der Waals surface area contributed by atoms with Crippen molar-refractivity contribution in [1.82, 2.24) is 4.48 Å². The van der Waals surface area contributed by atoms with Gasteiger partial charge in [0, 0.05) is 24.3 Å². The Bertz CT molecular complexity index is 317. The lowest BCUT2D eigenvalue weighted by Crippen LogP contribution is -3.00. The molecule has 0 saturated heterocycles. The van der Waals surface area contributed by atoms with Gasteiger partial charge in [0.1, 0.15) is 5.69 Å². The summed E-state index contributed by atoms with van der Waals surface area (Å²) in [6, 6.07) is 6.61.